The highest BCUT2D eigenvalue weighted by Crippen LogP contribution is 2.31. The van der Waals surface area contributed by atoms with Crippen molar-refractivity contribution in [1.29, 1.82) is 0 Å². The molecule has 0 spiro atoms. The third-order valence-corrected chi connectivity index (χ3v) is 4.79. The molecule has 1 atom stereocenters. The van der Waals surface area contributed by atoms with Gasteiger partial charge in [-0.15, -0.1) is 0 Å². The Hall–Kier alpha value is -2.17. The van der Waals surface area contributed by atoms with Gasteiger partial charge < -0.3 is 9.84 Å². The van der Waals surface area contributed by atoms with Crippen molar-refractivity contribution in [1.82, 2.24) is 15.5 Å². The van der Waals surface area contributed by atoms with Crippen molar-refractivity contribution >= 4 is 5.91 Å². The first kappa shape index (κ1) is 16.7. The van der Waals surface area contributed by atoms with Gasteiger partial charge in [0.1, 0.15) is 0 Å². The van der Waals surface area contributed by atoms with Crippen molar-refractivity contribution < 1.29 is 9.32 Å². The van der Waals surface area contributed by atoms with Gasteiger partial charge in [-0.25, -0.2) is 0 Å². The molecule has 1 N–H and O–H groups in total. The van der Waals surface area contributed by atoms with E-state index in [-0.39, 0.29) is 11.8 Å². The predicted octanol–water partition coefficient (Wildman–Crippen LogP) is 3.93. The van der Waals surface area contributed by atoms with Gasteiger partial charge in [0, 0.05) is 5.92 Å². The van der Waals surface area contributed by atoms with Crippen LogP contribution in [-0.4, -0.2) is 16.0 Å². The Morgan fingerprint density at radius 2 is 2.00 bits per heavy atom. The lowest BCUT2D eigenvalue weighted by molar-refractivity contribution is -0.122. The van der Waals surface area contributed by atoms with Gasteiger partial charge >= 0.3 is 0 Å². The van der Waals surface area contributed by atoms with E-state index in [1.165, 1.54) is 19.3 Å². The maximum atomic E-state index is 12.5. The molecule has 5 heteroatoms. The SMILES string of the molecule is CCC(C(=O)NCc1noc(C2CCCCC2)n1)c1ccccc1. The number of rotatable bonds is 6. The smallest absolute Gasteiger partial charge is 0.229 e. The van der Waals surface area contributed by atoms with E-state index in [4.69, 9.17) is 4.52 Å². The number of aromatic nitrogens is 2. The Balaban J connectivity index is 1.57. The third-order valence-electron chi connectivity index (χ3n) is 4.79. The molecule has 5 nitrogen and oxygen atoms in total. The molecule has 1 aromatic carbocycles. The average molecular weight is 327 g/mol. The highest BCUT2D eigenvalue weighted by molar-refractivity contribution is 5.83. The number of carbonyl (C=O) groups excluding carboxylic acids is 1. The highest BCUT2D eigenvalue weighted by Gasteiger charge is 2.22. The summed E-state index contributed by atoms with van der Waals surface area (Å²) in [6, 6.07) is 9.86. The molecule has 1 fully saturated rings. The summed E-state index contributed by atoms with van der Waals surface area (Å²) in [4.78, 5) is 16.9. The summed E-state index contributed by atoms with van der Waals surface area (Å²) in [6.45, 7) is 2.34. The number of nitrogens with one attached hydrogen (secondary N) is 1. The minimum atomic E-state index is -0.143. The van der Waals surface area contributed by atoms with Gasteiger partial charge in [-0.3, -0.25) is 4.79 Å². The summed E-state index contributed by atoms with van der Waals surface area (Å²) in [5.41, 5.74) is 1.04. The minimum absolute atomic E-state index is 0.00714. The van der Waals surface area contributed by atoms with E-state index in [9.17, 15) is 4.79 Å². The number of hydrogen-bond acceptors (Lipinski definition) is 4. The summed E-state index contributed by atoms with van der Waals surface area (Å²) < 4.78 is 5.40. The minimum Gasteiger partial charge on any atom is -0.348 e. The van der Waals surface area contributed by atoms with Gasteiger partial charge in [0.05, 0.1) is 12.5 Å². The van der Waals surface area contributed by atoms with Crippen LogP contribution < -0.4 is 5.32 Å². The first-order valence-electron chi connectivity index (χ1n) is 8.93. The molecule has 1 aliphatic carbocycles. The highest BCUT2D eigenvalue weighted by atomic mass is 16.5. The second-order valence-electron chi connectivity index (χ2n) is 6.47. The van der Waals surface area contributed by atoms with Crippen molar-refractivity contribution in [2.24, 2.45) is 0 Å². The van der Waals surface area contributed by atoms with E-state index in [1.807, 2.05) is 37.3 Å². The molecule has 0 radical (unpaired) electrons. The van der Waals surface area contributed by atoms with Gasteiger partial charge in [-0.2, -0.15) is 4.98 Å². The van der Waals surface area contributed by atoms with Crippen molar-refractivity contribution in [2.45, 2.75) is 63.8 Å². The fraction of sp³-hybridized carbons (Fsp3) is 0.526. The van der Waals surface area contributed by atoms with Crippen LogP contribution in [0.4, 0.5) is 0 Å². The Bertz CT molecular complexity index is 648. The van der Waals surface area contributed by atoms with Crippen molar-refractivity contribution in [2.75, 3.05) is 0 Å². The molecule has 1 heterocycles. The lowest BCUT2D eigenvalue weighted by Crippen LogP contribution is -2.29. The van der Waals surface area contributed by atoms with Gasteiger partial charge in [-0.05, 0) is 24.8 Å². The molecule has 0 saturated heterocycles. The second kappa shape index (κ2) is 8.08. The van der Waals surface area contributed by atoms with Crippen LogP contribution in [0.15, 0.2) is 34.9 Å². The summed E-state index contributed by atoms with van der Waals surface area (Å²) in [6.07, 6.45) is 6.77. The monoisotopic (exact) mass is 327 g/mol. The molecule has 1 unspecified atom stereocenters. The van der Waals surface area contributed by atoms with Crippen LogP contribution in [0.25, 0.3) is 0 Å². The zero-order valence-corrected chi connectivity index (χ0v) is 14.2. The van der Waals surface area contributed by atoms with Crippen molar-refractivity contribution in [3.63, 3.8) is 0 Å². The van der Waals surface area contributed by atoms with Crippen molar-refractivity contribution in [3.8, 4) is 0 Å². The second-order valence-corrected chi connectivity index (χ2v) is 6.47. The van der Waals surface area contributed by atoms with E-state index >= 15 is 0 Å². The number of amides is 1. The van der Waals surface area contributed by atoms with E-state index in [0.717, 1.165) is 30.7 Å². The molecular weight excluding hydrogens is 302 g/mol. The standard InChI is InChI=1S/C19H25N3O2/c1-2-16(14-9-5-3-6-10-14)18(23)20-13-17-21-19(24-22-17)15-11-7-4-8-12-15/h3,5-6,9-10,15-16H,2,4,7-8,11-13H2,1H3,(H,20,23). The lowest BCUT2D eigenvalue weighted by atomic mass is 9.89. The molecule has 1 aromatic heterocycles. The fourth-order valence-corrected chi connectivity index (χ4v) is 3.40. The normalized spacial score (nSPS) is 16.7. The molecule has 3 rings (SSSR count). The van der Waals surface area contributed by atoms with Gasteiger partial charge in [0.2, 0.25) is 11.8 Å². The summed E-state index contributed by atoms with van der Waals surface area (Å²) >= 11 is 0. The fourth-order valence-electron chi connectivity index (χ4n) is 3.40. The molecule has 24 heavy (non-hydrogen) atoms. The van der Waals surface area contributed by atoms with E-state index in [1.54, 1.807) is 0 Å². The molecule has 1 amide bonds. The number of carbonyl (C=O) groups is 1. The van der Waals surface area contributed by atoms with E-state index in [0.29, 0.717) is 18.3 Å². The number of hydrogen-bond donors (Lipinski definition) is 1. The number of benzene rings is 1. The van der Waals surface area contributed by atoms with Crippen molar-refractivity contribution in [3.05, 3.63) is 47.6 Å². The summed E-state index contributed by atoms with van der Waals surface area (Å²) in [5.74, 6) is 1.55. The average Bonchev–Trinajstić information content (AvgIpc) is 3.11. The maximum Gasteiger partial charge on any atom is 0.229 e. The first-order valence-corrected chi connectivity index (χ1v) is 8.93. The third kappa shape index (κ3) is 4.02. The molecule has 0 bridgehead atoms. The van der Waals surface area contributed by atoms with Gasteiger partial charge in [-0.1, -0.05) is 61.7 Å². The molecule has 1 saturated carbocycles. The Morgan fingerprint density at radius 1 is 1.25 bits per heavy atom. The zero-order chi connectivity index (χ0) is 16.8. The van der Waals surface area contributed by atoms with Crippen LogP contribution >= 0.6 is 0 Å². The topological polar surface area (TPSA) is 68.0 Å². The number of nitrogens with zero attached hydrogens (tertiary/aromatic N) is 2. The zero-order valence-electron chi connectivity index (χ0n) is 14.2. The Kier molecular flexibility index (Phi) is 5.62. The predicted molar refractivity (Wildman–Crippen MR) is 91.4 cm³/mol. The Morgan fingerprint density at radius 3 is 2.71 bits per heavy atom. The maximum absolute atomic E-state index is 12.5. The van der Waals surface area contributed by atoms with Gasteiger partial charge in [0.25, 0.3) is 0 Å². The van der Waals surface area contributed by atoms with Crippen LogP contribution in [-0.2, 0) is 11.3 Å². The summed E-state index contributed by atoms with van der Waals surface area (Å²) in [5, 5.41) is 6.96. The molecule has 2 aromatic rings. The lowest BCUT2D eigenvalue weighted by Gasteiger charge is -2.17. The van der Waals surface area contributed by atoms with Crippen LogP contribution in [0.3, 0.4) is 0 Å². The molecule has 128 valence electrons. The Labute approximate surface area is 142 Å². The molecule has 0 aliphatic heterocycles. The van der Waals surface area contributed by atoms with Crippen LogP contribution in [0.5, 0.6) is 0 Å². The molecular formula is C19H25N3O2. The van der Waals surface area contributed by atoms with Crippen LogP contribution in [0.2, 0.25) is 0 Å². The quantitative estimate of drug-likeness (QED) is 0.873. The van der Waals surface area contributed by atoms with E-state index < -0.39 is 0 Å². The van der Waals surface area contributed by atoms with Crippen LogP contribution in [0.1, 0.15) is 74.6 Å². The van der Waals surface area contributed by atoms with E-state index in [2.05, 4.69) is 15.5 Å². The van der Waals surface area contributed by atoms with Gasteiger partial charge in [0.15, 0.2) is 5.82 Å². The summed E-state index contributed by atoms with van der Waals surface area (Å²) in [7, 11) is 0. The largest absolute Gasteiger partial charge is 0.348 e. The van der Waals surface area contributed by atoms with Crippen LogP contribution in [0, 0.1) is 0 Å². The molecule has 1 aliphatic rings. The first-order chi connectivity index (χ1) is 11.8.